The first-order valence-corrected chi connectivity index (χ1v) is 12.2. The molecule has 12 N–H and O–H groups in total. The lowest BCUT2D eigenvalue weighted by Gasteiger charge is -2.34. The Bertz CT molecular complexity index is 1230. The molecule has 0 aliphatic carbocycles. The van der Waals surface area contributed by atoms with Gasteiger partial charge in [-0.05, 0) is 31.9 Å². The molecule has 1 aromatic rings. The summed E-state index contributed by atoms with van der Waals surface area (Å²) in [4.78, 5) is 62.2. The van der Waals surface area contributed by atoms with Crippen molar-refractivity contribution < 1.29 is 49.0 Å². The van der Waals surface area contributed by atoms with Crippen LogP contribution in [0.4, 0.5) is 0 Å². The molecule has 9 atom stereocenters. The number of ether oxygens (including phenoxy) is 3. The highest BCUT2D eigenvalue weighted by Gasteiger charge is 2.51. The van der Waals surface area contributed by atoms with Crippen LogP contribution in [0.2, 0.25) is 0 Å². The van der Waals surface area contributed by atoms with E-state index >= 15 is 0 Å². The van der Waals surface area contributed by atoms with E-state index in [-0.39, 0.29) is 6.42 Å². The van der Waals surface area contributed by atoms with Crippen molar-refractivity contribution in [2.75, 3.05) is 6.54 Å². The van der Waals surface area contributed by atoms with Crippen LogP contribution in [0.5, 0.6) is 0 Å². The number of unbranched alkanes of at least 4 members (excludes halogenated alkanes) is 1. The van der Waals surface area contributed by atoms with Gasteiger partial charge in [-0.1, -0.05) is 0 Å². The van der Waals surface area contributed by atoms with Gasteiger partial charge in [-0.15, -0.1) is 0 Å². The molecule has 3 heterocycles. The highest BCUT2D eigenvalue weighted by molar-refractivity contribution is 5.95. The van der Waals surface area contributed by atoms with Gasteiger partial charge in [0.05, 0.1) is 0 Å². The number of amides is 3. The normalized spacial score (nSPS) is 29.6. The van der Waals surface area contributed by atoms with Crippen LogP contribution in [0, 0.1) is 0 Å². The zero-order valence-corrected chi connectivity index (χ0v) is 21.0. The standard InChI is InChI=1S/C22H32N6O12/c23-5-2-1-3-8(17(24)34)26-19(36)10-7-9(29)12(31)21(38-10)40-16(18(25)35)15-13(32)14(33)20(39-15)28-6-4-11(30)27-22(28)37/h4,6-9,12-16,20-21,29,31-33H,1-3,5,23H2,(H2,24,34)(H2,25,35)(H,26,36)(H,27,30,37)/t8?,9?,12?,13?,14?,15-,16?,20+,21+/m0/s1. The van der Waals surface area contributed by atoms with Crippen molar-refractivity contribution in [3.05, 3.63) is 44.9 Å². The molecule has 2 aliphatic heterocycles. The van der Waals surface area contributed by atoms with E-state index in [1.165, 1.54) is 0 Å². The third kappa shape index (κ3) is 6.91. The Hall–Kier alpha value is -3.65. The number of aliphatic hydroxyl groups is 4. The molecule has 222 valence electrons. The first-order chi connectivity index (χ1) is 18.8. The number of aliphatic hydroxyl groups excluding tert-OH is 4. The van der Waals surface area contributed by atoms with E-state index in [2.05, 4.69) is 5.32 Å². The second-order valence-electron chi connectivity index (χ2n) is 9.16. The highest BCUT2D eigenvalue weighted by Crippen LogP contribution is 2.32. The molecule has 18 nitrogen and oxygen atoms in total. The zero-order chi connectivity index (χ0) is 29.7. The van der Waals surface area contributed by atoms with Gasteiger partial charge < -0.3 is 57.2 Å². The van der Waals surface area contributed by atoms with Crippen molar-refractivity contribution in [3.63, 3.8) is 0 Å². The number of carbonyl (C=O) groups is 3. The molecule has 0 radical (unpaired) electrons. The third-order valence-electron chi connectivity index (χ3n) is 6.27. The topological polar surface area (TPSA) is 305 Å². The number of carbonyl (C=O) groups excluding carboxylic acids is 3. The Morgan fingerprint density at radius 1 is 1.07 bits per heavy atom. The molecule has 0 bridgehead atoms. The number of nitrogens with one attached hydrogen (secondary N) is 2. The summed E-state index contributed by atoms with van der Waals surface area (Å²) in [5.74, 6) is -3.71. The molecule has 1 saturated heterocycles. The predicted molar refractivity (Wildman–Crippen MR) is 130 cm³/mol. The highest BCUT2D eigenvalue weighted by atomic mass is 16.7. The van der Waals surface area contributed by atoms with Crippen LogP contribution in [0.15, 0.2) is 33.7 Å². The minimum atomic E-state index is -1.96. The molecular formula is C22H32N6O12. The fourth-order valence-corrected chi connectivity index (χ4v) is 4.14. The Kier molecular flexibility index (Phi) is 10.1. The van der Waals surface area contributed by atoms with E-state index in [1.807, 2.05) is 4.98 Å². The molecule has 1 fully saturated rings. The zero-order valence-electron chi connectivity index (χ0n) is 21.0. The maximum atomic E-state index is 12.7. The maximum Gasteiger partial charge on any atom is 0.330 e. The first-order valence-electron chi connectivity index (χ1n) is 12.2. The smallest absolute Gasteiger partial charge is 0.330 e. The van der Waals surface area contributed by atoms with Gasteiger partial charge in [0.15, 0.2) is 18.1 Å². The summed E-state index contributed by atoms with van der Waals surface area (Å²) in [7, 11) is 0. The van der Waals surface area contributed by atoms with Crippen LogP contribution in [0.3, 0.4) is 0 Å². The molecule has 3 amide bonds. The van der Waals surface area contributed by atoms with Gasteiger partial charge >= 0.3 is 5.69 Å². The summed E-state index contributed by atoms with van der Waals surface area (Å²) in [5.41, 5.74) is 14.4. The first kappa shape index (κ1) is 30.9. The fourth-order valence-electron chi connectivity index (χ4n) is 4.14. The summed E-state index contributed by atoms with van der Waals surface area (Å²) in [5, 5.41) is 44.0. The van der Waals surface area contributed by atoms with Crippen LogP contribution < -0.4 is 33.8 Å². The summed E-state index contributed by atoms with van der Waals surface area (Å²) in [6.45, 7) is 0.358. The molecule has 0 spiro atoms. The number of nitrogens with two attached hydrogens (primary N) is 3. The molecule has 3 rings (SSSR count). The second-order valence-corrected chi connectivity index (χ2v) is 9.16. The Morgan fingerprint density at radius 3 is 2.38 bits per heavy atom. The molecule has 1 aromatic heterocycles. The van der Waals surface area contributed by atoms with Gasteiger partial charge in [0.2, 0.25) is 18.1 Å². The SMILES string of the molecule is NCCCCC(NC(=O)C1=CC(O)C(O)[C@@H](OC(C(N)=O)[C@H]2O[C@@H](n3ccc(=O)[nH]c3=O)C(O)C2O)O1)C(N)=O. The Morgan fingerprint density at radius 2 is 1.77 bits per heavy atom. The van der Waals surface area contributed by atoms with Crippen LogP contribution in [-0.2, 0) is 28.6 Å². The van der Waals surface area contributed by atoms with Gasteiger partial charge in [0.1, 0.15) is 36.6 Å². The lowest BCUT2D eigenvalue weighted by molar-refractivity contribution is -0.240. The van der Waals surface area contributed by atoms with Crippen LogP contribution >= 0.6 is 0 Å². The summed E-state index contributed by atoms with van der Waals surface area (Å²) < 4.78 is 17.0. The van der Waals surface area contributed by atoms with E-state index in [4.69, 9.17) is 31.4 Å². The van der Waals surface area contributed by atoms with E-state index in [0.29, 0.717) is 19.4 Å². The van der Waals surface area contributed by atoms with E-state index in [9.17, 15) is 44.4 Å². The Labute approximate surface area is 225 Å². The average molecular weight is 573 g/mol. The summed E-state index contributed by atoms with van der Waals surface area (Å²) in [6, 6.07) is -0.158. The van der Waals surface area contributed by atoms with Gasteiger partial charge in [0, 0.05) is 12.3 Å². The van der Waals surface area contributed by atoms with Crippen molar-refractivity contribution in [2.45, 2.75) is 74.4 Å². The number of H-pyrrole nitrogens is 1. The van der Waals surface area contributed by atoms with Crippen molar-refractivity contribution in [1.82, 2.24) is 14.9 Å². The Balaban J connectivity index is 1.77. The maximum absolute atomic E-state index is 12.7. The molecule has 40 heavy (non-hydrogen) atoms. The van der Waals surface area contributed by atoms with Gasteiger partial charge in [0.25, 0.3) is 11.5 Å². The van der Waals surface area contributed by atoms with Crippen LogP contribution in [-0.4, -0.2) is 103 Å². The fraction of sp³-hybridized carbons (Fsp3) is 0.591. The van der Waals surface area contributed by atoms with Crippen LogP contribution in [0.1, 0.15) is 25.5 Å². The van der Waals surface area contributed by atoms with Crippen molar-refractivity contribution in [2.24, 2.45) is 17.2 Å². The number of aromatic amines is 1. The average Bonchev–Trinajstić information content (AvgIpc) is 3.17. The third-order valence-corrected chi connectivity index (χ3v) is 6.27. The quantitative estimate of drug-likeness (QED) is 0.106. The van der Waals surface area contributed by atoms with E-state index in [1.54, 1.807) is 0 Å². The predicted octanol–water partition coefficient (Wildman–Crippen LogP) is -5.91. The monoisotopic (exact) mass is 572 g/mol. The number of primary amides is 2. The van der Waals surface area contributed by atoms with E-state index in [0.717, 1.165) is 22.9 Å². The van der Waals surface area contributed by atoms with Crippen molar-refractivity contribution >= 4 is 17.7 Å². The number of nitrogens with zero attached hydrogens (tertiary/aromatic N) is 1. The molecule has 6 unspecified atom stereocenters. The van der Waals surface area contributed by atoms with Crippen LogP contribution in [0.25, 0.3) is 0 Å². The lowest BCUT2D eigenvalue weighted by atomic mass is 10.0. The largest absolute Gasteiger partial charge is 0.456 e. The van der Waals surface area contributed by atoms with Gasteiger partial charge in [-0.3, -0.25) is 28.7 Å². The lowest BCUT2D eigenvalue weighted by Crippen LogP contribution is -2.54. The number of hydrogen-bond donors (Lipinski definition) is 9. The molecular weight excluding hydrogens is 540 g/mol. The molecule has 0 saturated carbocycles. The minimum absolute atomic E-state index is 0.166. The number of aromatic nitrogens is 2. The van der Waals surface area contributed by atoms with Crippen molar-refractivity contribution in [3.8, 4) is 0 Å². The number of rotatable bonds is 12. The van der Waals surface area contributed by atoms with E-state index < -0.39 is 89.9 Å². The van der Waals surface area contributed by atoms with Gasteiger partial charge in [-0.25, -0.2) is 4.79 Å². The summed E-state index contributed by atoms with van der Waals surface area (Å²) in [6.07, 6.45) is -11.5. The molecule has 18 heteroatoms. The molecule has 0 aromatic carbocycles. The minimum Gasteiger partial charge on any atom is -0.456 e. The van der Waals surface area contributed by atoms with Gasteiger partial charge in [-0.2, -0.15) is 0 Å². The second kappa shape index (κ2) is 13.1. The van der Waals surface area contributed by atoms with Crippen molar-refractivity contribution in [1.29, 1.82) is 0 Å². The summed E-state index contributed by atoms with van der Waals surface area (Å²) >= 11 is 0. The molecule has 2 aliphatic rings. The number of hydrogen-bond acceptors (Lipinski definition) is 13.